The molecule has 0 fully saturated rings. The van der Waals surface area contributed by atoms with Gasteiger partial charge in [-0.15, -0.1) is 0 Å². The Labute approximate surface area is 118 Å². The number of sulfone groups is 1. The summed E-state index contributed by atoms with van der Waals surface area (Å²) < 4.78 is 22.0. The highest BCUT2D eigenvalue weighted by Crippen LogP contribution is 2.27. The Balaban J connectivity index is 3.02. The zero-order valence-corrected chi connectivity index (χ0v) is 12.8. The molecule has 0 amide bonds. The van der Waals surface area contributed by atoms with Crippen molar-refractivity contribution in [1.82, 2.24) is 0 Å². The second-order valence-corrected chi connectivity index (χ2v) is 8.27. The Bertz CT molecular complexity index is 538. The van der Waals surface area contributed by atoms with Crippen LogP contribution in [0.4, 0.5) is 0 Å². The number of benzene rings is 1. The van der Waals surface area contributed by atoms with Crippen LogP contribution < -0.4 is 0 Å². The Morgan fingerprint density at radius 1 is 1.33 bits per heavy atom. The molecule has 0 saturated carbocycles. The van der Waals surface area contributed by atoms with Gasteiger partial charge in [-0.25, -0.2) is 8.42 Å². The fraction of sp³-hybridized carbons (Fsp3) is 0.500. The summed E-state index contributed by atoms with van der Waals surface area (Å²) in [6.45, 7) is 2.98. The molecule has 0 bridgehead atoms. The molecule has 0 spiro atoms. The lowest BCUT2D eigenvalue weighted by Gasteiger charge is -2.28. The van der Waals surface area contributed by atoms with Crippen molar-refractivity contribution in [2.45, 2.75) is 31.1 Å². The van der Waals surface area contributed by atoms with Gasteiger partial charge in [-0.1, -0.05) is 23.2 Å². The molecule has 0 radical (unpaired) electrons. The van der Waals surface area contributed by atoms with E-state index >= 15 is 0 Å². The summed E-state index contributed by atoms with van der Waals surface area (Å²) in [6, 6.07) is 4.90. The van der Waals surface area contributed by atoms with E-state index in [-0.39, 0.29) is 6.42 Å². The standard InChI is InChI=1S/C12H16Cl2O3S/c1-12(2,18(3,16)17)11(15)7-8-6-9(13)4-5-10(8)14/h4-6,11,15H,7H2,1-3H3. The quantitative estimate of drug-likeness (QED) is 0.930. The fourth-order valence-electron chi connectivity index (χ4n) is 1.40. The largest absolute Gasteiger partial charge is 0.391 e. The molecule has 18 heavy (non-hydrogen) atoms. The maximum atomic E-state index is 11.6. The zero-order valence-electron chi connectivity index (χ0n) is 10.4. The molecular formula is C12H16Cl2O3S. The van der Waals surface area contributed by atoms with Crippen molar-refractivity contribution < 1.29 is 13.5 Å². The van der Waals surface area contributed by atoms with Gasteiger partial charge in [0.05, 0.1) is 10.9 Å². The van der Waals surface area contributed by atoms with Crippen LogP contribution in [-0.2, 0) is 16.3 Å². The number of hydrogen-bond donors (Lipinski definition) is 1. The van der Waals surface area contributed by atoms with Crippen LogP contribution in [0.15, 0.2) is 18.2 Å². The summed E-state index contributed by atoms with van der Waals surface area (Å²) in [5.41, 5.74) is 0.633. The van der Waals surface area contributed by atoms with E-state index in [2.05, 4.69) is 0 Å². The van der Waals surface area contributed by atoms with Gasteiger partial charge in [0, 0.05) is 22.7 Å². The monoisotopic (exact) mass is 310 g/mol. The predicted octanol–water partition coefficient (Wildman–Crippen LogP) is 2.72. The molecule has 1 N–H and O–H groups in total. The lowest BCUT2D eigenvalue weighted by molar-refractivity contribution is 0.138. The molecule has 1 rings (SSSR count). The van der Waals surface area contributed by atoms with E-state index in [1.165, 1.54) is 13.8 Å². The topological polar surface area (TPSA) is 54.4 Å². The van der Waals surface area contributed by atoms with Crippen LogP contribution in [-0.4, -0.2) is 30.6 Å². The number of hydrogen-bond acceptors (Lipinski definition) is 3. The molecule has 1 aromatic rings. The highest BCUT2D eigenvalue weighted by Gasteiger charge is 2.38. The normalized spacial score (nSPS) is 14.6. The summed E-state index contributed by atoms with van der Waals surface area (Å²) in [4.78, 5) is 0. The van der Waals surface area contributed by atoms with Crippen LogP contribution in [0.1, 0.15) is 19.4 Å². The zero-order chi connectivity index (χ0) is 14.1. The average molecular weight is 311 g/mol. The van der Waals surface area contributed by atoms with Gasteiger partial charge < -0.3 is 5.11 Å². The Kier molecular flexibility index (Phi) is 4.70. The maximum Gasteiger partial charge on any atom is 0.155 e. The minimum absolute atomic E-state index is 0.138. The van der Waals surface area contributed by atoms with E-state index in [1.54, 1.807) is 18.2 Å². The number of rotatable bonds is 4. The third kappa shape index (κ3) is 3.38. The minimum Gasteiger partial charge on any atom is -0.391 e. The van der Waals surface area contributed by atoms with Gasteiger partial charge in [0.2, 0.25) is 0 Å². The summed E-state index contributed by atoms with van der Waals surface area (Å²) in [7, 11) is -3.37. The SMILES string of the molecule is CC(C)(C(O)Cc1cc(Cl)ccc1Cl)S(C)(=O)=O. The van der Waals surface area contributed by atoms with Crippen molar-refractivity contribution in [2.24, 2.45) is 0 Å². The molecule has 0 aromatic heterocycles. The smallest absolute Gasteiger partial charge is 0.155 e. The van der Waals surface area contributed by atoms with Crippen LogP contribution in [0.2, 0.25) is 10.0 Å². The van der Waals surface area contributed by atoms with E-state index in [1.807, 2.05) is 0 Å². The van der Waals surface area contributed by atoms with Crippen LogP contribution in [0.3, 0.4) is 0 Å². The molecule has 0 aliphatic carbocycles. The van der Waals surface area contributed by atoms with Crippen molar-refractivity contribution in [2.75, 3.05) is 6.26 Å². The molecule has 1 atom stereocenters. The molecule has 6 heteroatoms. The van der Waals surface area contributed by atoms with E-state index in [4.69, 9.17) is 23.2 Å². The minimum atomic E-state index is -3.37. The van der Waals surface area contributed by atoms with Crippen molar-refractivity contribution in [1.29, 1.82) is 0 Å². The first-order valence-electron chi connectivity index (χ1n) is 5.37. The molecule has 0 saturated heterocycles. The van der Waals surface area contributed by atoms with Crippen molar-refractivity contribution in [3.8, 4) is 0 Å². The molecular weight excluding hydrogens is 295 g/mol. The van der Waals surface area contributed by atoms with Crippen molar-refractivity contribution in [3.05, 3.63) is 33.8 Å². The van der Waals surface area contributed by atoms with Crippen LogP contribution in [0, 0.1) is 0 Å². The van der Waals surface area contributed by atoms with Crippen LogP contribution in [0.25, 0.3) is 0 Å². The molecule has 102 valence electrons. The Morgan fingerprint density at radius 3 is 2.39 bits per heavy atom. The first kappa shape index (κ1) is 15.8. The van der Waals surface area contributed by atoms with E-state index < -0.39 is 20.7 Å². The summed E-state index contributed by atoms with van der Waals surface area (Å²) in [5, 5.41) is 11.1. The first-order chi connectivity index (χ1) is 8.05. The highest BCUT2D eigenvalue weighted by atomic mass is 35.5. The van der Waals surface area contributed by atoms with E-state index in [0.29, 0.717) is 15.6 Å². The maximum absolute atomic E-state index is 11.6. The molecule has 1 unspecified atom stereocenters. The Hall–Kier alpha value is -0.290. The number of halogens is 2. The second-order valence-electron chi connectivity index (χ2n) is 4.83. The van der Waals surface area contributed by atoms with Gasteiger partial charge in [0.15, 0.2) is 9.84 Å². The van der Waals surface area contributed by atoms with Gasteiger partial charge >= 0.3 is 0 Å². The van der Waals surface area contributed by atoms with Crippen LogP contribution in [0.5, 0.6) is 0 Å². The third-order valence-electron chi connectivity index (χ3n) is 3.18. The van der Waals surface area contributed by atoms with Gasteiger partial charge in [-0.2, -0.15) is 0 Å². The second kappa shape index (κ2) is 5.37. The summed E-state index contributed by atoms with van der Waals surface area (Å²) in [6.07, 6.45) is 0.193. The van der Waals surface area contributed by atoms with E-state index in [0.717, 1.165) is 6.26 Å². The highest BCUT2D eigenvalue weighted by molar-refractivity contribution is 7.92. The summed E-state index contributed by atoms with van der Waals surface area (Å²) >= 11 is 11.8. The molecule has 0 aliphatic heterocycles. The van der Waals surface area contributed by atoms with E-state index in [9.17, 15) is 13.5 Å². The average Bonchev–Trinajstić information content (AvgIpc) is 2.21. The number of aliphatic hydroxyl groups excluding tert-OH is 1. The fourth-order valence-corrected chi connectivity index (χ4v) is 2.37. The van der Waals surface area contributed by atoms with Crippen LogP contribution >= 0.6 is 23.2 Å². The lowest BCUT2D eigenvalue weighted by Crippen LogP contribution is -2.44. The number of aliphatic hydroxyl groups is 1. The molecule has 0 aliphatic rings. The molecule has 0 heterocycles. The molecule has 3 nitrogen and oxygen atoms in total. The van der Waals surface area contributed by atoms with Gasteiger partial charge in [0.25, 0.3) is 0 Å². The van der Waals surface area contributed by atoms with Gasteiger partial charge in [-0.3, -0.25) is 0 Å². The van der Waals surface area contributed by atoms with Crippen molar-refractivity contribution >= 4 is 33.0 Å². The van der Waals surface area contributed by atoms with Gasteiger partial charge in [-0.05, 0) is 37.6 Å². The molecule has 1 aromatic carbocycles. The first-order valence-corrected chi connectivity index (χ1v) is 8.02. The van der Waals surface area contributed by atoms with Crippen molar-refractivity contribution in [3.63, 3.8) is 0 Å². The van der Waals surface area contributed by atoms with Gasteiger partial charge in [0.1, 0.15) is 0 Å². The Morgan fingerprint density at radius 2 is 1.89 bits per heavy atom. The predicted molar refractivity (Wildman–Crippen MR) is 75.1 cm³/mol. The third-order valence-corrected chi connectivity index (χ3v) is 5.97. The summed E-state index contributed by atoms with van der Waals surface area (Å²) in [5.74, 6) is 0. The lowest BCUT2D eigenvalue weighted by atomic mass is 9.98.